The molecule has 2 aromatic carbocycles. The molecule has 2 aromatic rings. The van der Waals surface area contributed by atoms with E-state index in [2.05, 4.69) is 16.3 Å². The first-order chi connectivity index (χ1) is 11.3. The summed E-state index contributed by atoms with van der Waals surface area (Å²) in [5.41, 5.74) is 2.58. The number of likely N-dealkylation sites (N-methyl/N-ethyl adjacent to an activating group) is 1. The molecule has 4 nitrogen and oxygen atoms in total. The van der Waals surface area contributed by atoms with Gasteiger partial charge in [0.05, 0.1) is 6.10 Å². The van der Waals surface area contributed by atoms with E-state index in [4.69, 9.17) is 4.74 Å². The molecule has 0 fully saturated rings. The summed E-state index contributed by atoms with van der Waals surface area (Å²) in [5, 5.41) is 13.0. The second-order valence-corrected chi connectivity index (χ2v) is 6.01. The Hall–Kier alpha value is -1.88. The lowest BCUT2D eigenvalue weighted by atomic mass is 9.98. The maximum atomic E-state index is 9.97. The van der Waals surface area contributed by atoms with Gasteiger partial charge in [-0.05, 0) is 37.2 Å². The van der Waals surface area contributed by atoms with Gasteiger partial charge in [0, 0.05) is 31.7 Å². The third kappa shape index (κ3) is 4.10. The van der Waals surface area contributed by atoms with Crippen LogP contribution in [0.2, 0.25) is 0 Å². The molecule has 0 aromatic heterocycles. The van der Waals surface area contributed by atoms with E-state index in [1.807, 2.05) is 49.5 Å². The predicted octanol–water partition coefficient (Wildman–Crippen LogP) is 2.42. The van der Waals surface area contributed by atoms with Crippen LogP contribution >= 0.6 is 0 Å². The summed E-state index contributed by atoms with van der Waals surface area (Å²) in [6.45, 7) is 3.13. The highest BCUT2D eigenvalue weighted by atomic mass is 16.5. The highest BCUT2D eigenvalue weighted by Gasteiger charge is 2.21. The molecule has 0 saturated carbocycles. The van der Waals surface area contributed by atoms with Crippen LogP contribution in [0.3, 0.4) is 0 Å². The number of ether oxygens (including phenoxy) is 1. The van der Waals surface area contributed by atoms with Crippen molar-refractivity contribution in [1.82, 2.24) is 10.2 Å². The molecule has 0 saturated heterocycles. The largest absolute Gasteiger partial charge is 0.457 e. The molecule has 0 aliphatic carbocycles. The first kappa shape index (κ1) is 16.0. The smallest absolute Gasteiger partial charge is 0.130 e. The summed E-state index contributed by atoms with van der Waals surface area (Å²) in [7, 11) is 1.86. The Kier molecular flexibility index (Phi) is 5.28. The van der Waals surface area contributed by atoms with Gasteiger partial charge < -0.3 is 15.2 Å². The van der Waals surface area contributed by atoms with Crippen LogP contribution in [0, 0.1) is 0 Å². The van der Waals surface area contributed by atoms with Crippen LogP contribution in [-0.2, 0) is 13.0 Å². The first-order valence-electron chi connectivity index (χ1n) is 8.15. The highest BCUT2D eigenvalue weighted by Crippen LogP contribution is 2.31. The summed E-state index contributed by atoms with van der Waals surface area (Å²) in [6, 6.07) is 16.1. The molecule has 1 heterocycles. The molecule has 0 spiro atoms. The van der Waals surface area contributed by atoms with Crippen molar-refractivity contribution in [2.45, 2.75) is 19.1 Å². The van der Waals surface area contributed by atoms with E-state index in [0.29, 0.717) is 13.1 Å². The molecule has 3 rings (SSSR count). The van der Waals surface area contributed by atoms with Gasteiger partial charge in [-0.1, -0.05) is 30.3 Å². The SMILES string of the molecule is CNCC(O)CN1CCc2c(cccc2Oc2ccccc2)C1. The minimum absolute atomic E-state index is 0.328. The number of aliphatic hydroxyl groups excluding tert-OH is 1. The van der Waals surface area contributed by atoms with Gasteiger partial charge in [-0.2, -0.15) is 0 Å². The Morgan fingerprint density at radius 3 is 2.78 bits per heavy atom. The van der Waals surface area contributed by atoms with Crippen molar-refractivity contribution in [3.05, 3.63) is 59.7 Å². The normalized spacial score (nSPS) is 15.9. The van der Waals surface area contributed by atoms with Gasteiger partial charge in [0.2, 0.25) is 0 Å². The summed E-state index contributed by atoms with van der Waals surface area (Å²) in [5.74, 6) is 1.82. The van der Waals surface area contributed by atoms with E-state index in [1.54, 1.807) is 0 Å². The van der Waals surface area contributed by atoms with E-state index in [1.165, 1.54) is 11.1 Å². The molecule has 122 valence electrons. The summed E-state index contributed by atoms with van der Waals surface area (Å²) in [4.78, 5) is 2.30. The number of hydrogen-bond donors (Lipinski definition) is 2. The van der Waals surface area contributed by atoms with Gasteiger partial charge in [-0.3, -0.25) is 4.90 Å². The quantitative estimate of drug-likeness (QED) is 0.860. The van der Waals surface area contributed by atoms with Gasteiger partial charge >= 0.3 is 0 Å². The van der Waals surface area contributed by atoms with E-state index >= 15 is 0 Å². The highest BCUT2D eigenvalue weighted by molar-refractivity contribution is 5.44. The van der Waals surface area contributed by atoms with Crippen molar-refractivity contribution in [2.75, 3.05) is 26.7 Å². The Bertz CT molecular complexity index is 631. The standard InChI is InChI=1S/C19H24N2O2/c1-20-12-16(22)14-21-11-10-18-15(13-21)6-5-9-19(18)23-17-7-3-2-4-8-17/h2-9,16,20,22H,10-14H2,1H3. The Labute approximate surface area is 137 Å². The number of aliphatic hydroxyl groups is 1. The second-order valence-electron chi connectivity index (χ2n) is 6.01. The average molecular weight is 312 g/mol. The molecule has 23 heavy (non-hydrogen) atoms. The zero-order valence-corrected chi connectivity index (χ0v) is 13.5. The number of rotatable bonds is 6. The number of benzene rings is 2. The second kappa shape index (κ2) is 7.59. The van der Waals surface area contributed by atoms with Gasteiger partial charge in [-0.15, -0.1) is 0 Å². The molecule has 0 radical (unpaired) electrons. The van der Waals surface area contributed by atoms with Crippen molar-refractivity contribution in [1.29, 1.82) is 0 Å². The molecule has 0 bridgehead atoms. The molecular weight excluding hydrogens is 288 g/mol. The number of nitrogens with zero attached hydrogens (tertiary/aromatic N) is 1. The average Bonchev–Trinajstić information content (AvgIpc) is 2.56. The summed E-state index contributed by atoms with van der Waals surface area (Å²) < 4.78 is 6.05. The molecule has 2 N–H and O–H groups in total. The van der Waals surface area contributed by atoms with E-state index in [9.17, 15) is 5.11 Å². The van der Waals surface area contributed by atoms with E-state index in [0.717, 1.165) is 31.0 Å². The fourth-order valence-corrected chi connectivity index (χ4v) is 3.10. The number of nitrogens with one attached hydrogen (secondary N) is 1. The number of fused-ring (bicyclic) bond motifs is 1. The third-order valence-electron chi connectivity index (χ3n) is 4.18. The monoisotopic (exact) mass is 312 g/mol. The maximum absolute atomic E-state index is 9.97. The van der Waals surface area contributed by atoms with E-state index < -0.39 is 0 Å². The predicted molar refractivity (Wildman–Crippen MR) is 91.9 cm³/mol. The summed E-state index contributed by atoms with van der Waals surface area (Å²) >= 11 is 0. The van der Waals surface area contributed by atoms with Crippen LogP contribution < -0.4 is 10.1 Å². The zero-order valence-electron chi connectivity index (χ0n) is 13.5. The lowest BCUT2D eigenvalue weighted by Gasteiger charge is -2.31. The molecule has 1 atom stereocenters. The number of β-amino-alcohol motifs (C(OH)–C–C–N with tert-alkyl or cyclic N) is 1. The molecule has 0 amide bonds. The minimum atomic E-state index is -0.328. The first-order valence-corrected chi connectivity index (χ1v) is 8.15. The number of hydrogen-bond acceptors (Lipinski definition) is 4. The van der Waals surface area contributed by atoms with Gasteiger partial charge in [0.15, 0.2) is 0 Å². The van der Waals surface area contributed by atoms with Crippen molar-refractivity contribution in [2.24, 2.45) is 0 Å². The van der Waals surface area contributed by atoms with Crippen LogP contribution in [0.1, 0.15) is 11.1 Å². The van der Waals surface area contributed by atoms with Crippen LogP contribution in [-0.4, -0.2) is 42.8 Å². The minimum Gasteiger partial charge on any atom is -0.457 e. The van der Waals surface area contributed by atoms with Crippen LogP contribution in [0.25, 0.3) is 0 Å². The van der Waals surface area contributed by atoms with Gasteiger partial charge in [-0.25, -0.2) is 0 Å². The molecule has 1 aliphatic heterocycles. The zero-order chi connectivity index (χ0) is 16.1. The molecular formula is C19H24N2O2. The molecule has 1 unspecified atom stereocenters. The summed E-state index contributed by atoms with van der Waals surface area (Å²) in [6.07, 6.45) is 0.621. The maximum Gasteiger partial charge on any atom is 0.130 e. The van der Waals surface area contributed by atoms with Crippen LogP contribution in [0.5, 0.6) is 11.5 Å². The Balaban J connectivity index is 1.71. The van der Waals surface area contributed by atoms with Crippen LogP contribution in [0.4, 0.5) is 0 Å². The van der Waals surface area contributed by atoms with Crippen LogP contribution in [0.15, 0.2) is 48.5 Å². The fraction of sp³-hybridized carbons (Fsp3) is 0.368. The molecule has 1 aliphatic rings. The van der Waals surface area contributed by atoms with Crippen molar-refractivity contribution < 1.29 is 9.84 Å². The fourth-order valence-electron chi connectivity index (χ4n) is 3.10. The van der Waals surface area contributed by atoms with Crippen molar-refractivity contribution >= 4 is 0 Å². The Morgan fingerprint density at radius 2 is 2.00 bits per heavy atom. The van der Waals surface area contributed by atoms with E-state index in [-0.39, 0.29) is 6.10 Å². The topological polar surface area (TPSA) is 44.7 Å². The third-order valence-corrected chi connectivity index (χ3v) is 4.18. The van der Waals surface area contributed by atoms with Gasteiger partial charge in [0.1, 0.15) is 11.5 Å². The lowest BCUT2D eigenvalue weighted by Crippen LogP contribution is -2.40. The molecule has 4 heteroatoms. The van der Waals surface area contributed by atoms with Gasteiger partial charge in [0.25, 0.3) is 0 Å². The Morgan fingerprint density at radius 1 is 1.17 bits per heavy atom. The number of para-hydroxylation sites is 1. The van der Waals surface area contributed by atoms with Crippen molar-refractivity contribution in [3.63, 3.8) is 0 Å². The van der Waals surface area contributed by atoms with Crippen molar-refractivity contribution in [3.8, 4) is 11.5 Å². The lowest BCUT2D eigenvalue weighted by molar-refractivity contribution is 0.106.